The number of rotatable bonds is 1. The van der Waals surface area contributed by atoms with Gasteiger partial charge in [-0.15, -0.1) is 0 Å². The van der Waals surface area contributed by atoms with Crippen molar-refractivity contribution in [2.24, 2.45) is 5.92 Å². The fourth-order valence-electron chi connectivity index (χ4n) is 2.07. The Hall–Kier alpha value is -0.960. The second-order valence-corrected chi connectivity index (χ2v) is 4.01. The third-order valence-electron chi connectivity index (χ3n) is 2.83. The molecular formula is C10H14N2O. The molecule has 0 bridgehead atoms. The third kappa shape index (κ3) is 1.56. The Kier molecular flexibility index (Phi) is 2.04. The summed E-state index contributed by atoms with van der Waals surface area (Å²) in [6, 6.07) is 0. The van der Waals surface area contributed by atoms with Gasteiger partial charge in [-0.05, 0) is 25.2 Å². The molecule has 0 saturated heterocycles. The van der Waals surface area contributed by atoms with Crippen molar-refractivity contribution in [3.8, 4) is 0 Å². The van der Waals surface area contributed by atoms with Gasteiger partial charge in [-0.25, -0.2) is 9.97 Å². The highest BCUT2D eigenvalue weighted by atomic mass is 16.3. The number of aromatic nitrogens is 2. The first-order valence-corrected chi connectivity index (χ1v) is 4.68. The van der Waals surface area contributed by atoms with Crippen LogP contribution in [-0.2, 0) is 5.60 Å². The van der Waals surface area contributed by atoms with Gasteiger partial charge in [0.2, 0.25) is 0 Å². The third-order valence-corrected chi connectivity index (χ3v) is 2.83. The summed E-state index contributed by atoms with van der Waals surface area (Å²) in [7, 11) is 0. The minimum absolute atomic E-state index is 0.602. The maximum Gasteiger partial charge on any atom is 0.115 e. The van der Waals surface area contributed by atoms with Gasteiger partial charge in [0.1, 0.15) is 6.33 Å². The highest BCUT2D eigenvalue weighted by Crippen LogP contribution is 2.41. The molecule has 1 aromatic heterocycles. The van der Waals surface area contributed by atoms with E-state index >= 15 is 0 Å². The summed E-state index contributed by atoms with van der Waals surface area (Å²) in [5.41, 5.74) is 0.195. The first kappa shape index (κ1) is 8.63. The smallest absolute Gasteiger partial charge is 0.115 e. The van der Waals surface area contributed by atoms with Crippen molar-refractivity contribution < 1.29 is 5.11 Å². The van der Waals surface area contributed by atoms with E-state index < -0.39 is 5.60 Å². The summed E-state index contributed by atoms with van der Waals surface area (Å²) in [6.07, 6.45) is 7.68. The maximum atomic E-state index is 10.3. The molecule has 1 aromatic rings. The molecule has 70 valence electrons. The van der Waals surface area contributed by atoms with Gasteiger partial charge in [0.05, 0.1) is 5.60 Å². The monoisotopic (exact) mass is 178 g/mol. The minimum Gasteiger partial charge on any atom is -0.385 e. The Morgan fingerprint density at radius 3 is 2.69 bits per heavy atom. The van der Waals surface area contributed by atoms with E-state index in [1.165, 1.54) is 6.33 Å². The number of hydrogen-bond acceptors (Lipinski definition) is 3. The van der Waals surface area contributed by atoms with E-state index in [0.29, 0.717) is 5.92 Å². The molecule has 1 aliphatic carbocycles. The quantitative estimate of drug-likeness (QED) is 0.708. The van der Waals surface area contributed by atoms with Crippen LogP contribution < -0.4 is 0 Å². The summed E-state index contributed by atoms with van der Waals surface area (Å²) in [4.78, 5) is 7.86. The topological polar surface area (TPSA) is 46.0 Å². The highest BCUT2D eigenvalue weighted by Gasteiger charge is 2.37. The SMILES string of the molecule is CC1CCC(O)(c2cncnc2)C1. The van der Waals surface area contributed by atoms with E-state index in [2.05, 4.69) is 16.9 Å². The first-order valence-electron chi connectivity index (χ1n) is 4.68. The van der Waals surface area contributed by atoms with Crippen molar-refractivity contribution in [1.29, 1.82) is 0 Å². The van der Waals surface area contributed by atoms with Crippen molar-refractivity contribution in [2.45, 2.75) is 31.8 Å². The van der Waals surface area contributed by atoms with E-state index in [-0.39, 0.29) is 0 Å². The predicted octanol–water partition coefficient (Wildman–Crippen LogP) is 1.48. The number of hydrogen-bond donors (Lipinski definition) is 1. The molecule has 1 aliphatic rings. The molecule has 0 spiro atoms. The maximum absolute atomic E-state index is 10.3. The lowest BCUT2D eigenvalue weighted by atomic mass is 9.94. The average molecular weight is 178 g/mol. The van der Waals surface area contributed by atoms with Crippen molar-refractivity contribution in [3.05, 3.63) is 24.3 Å². The predicted molar refractivity (Wildman–Crippen MR) is 48.9 cm³/mol. The summed E-state index contributed by atoms with van der Waals surface area (Å²) in [6.45, 7) is 2.17. The van der Waals surface area contributed by atoms with Gasteiger partial charge >= 0.3 is 0 Å². The summed E-state index contributed by atoms with van der Waals surface area (Å²) in [5, 5.41) is 10.3. The van der Waals surface area contributed by atoms with Crippen LogP contribution in [0.5, 0.6) is 0 Å². The van der Waals surface area contributed by atoms with Crippen LogP contribution in [0.15, 0.2) is 18.7 Å². The van der Waals surface area contributed by atoms with Crippen LogP contribution >= 0.6 is 0 Å². The van der Waals surface area contributed by atoms with E-state index in [4.69, 9.17) is 0 Å². The van der Waals surface area contributed by atoms with Gasteiger partial charge in [-0.1, -0.05) is 6.92 Å². The highest BCUT2D eigenvalue weighted by molar-refractivity contribution is 5.16. The number of nitrogens with zero attached hydrogens (tertiary/aromatic N) is 2. The Balaban J connectivity index is 2.26. The van der Waals surface area contributed by atoms with Crippen LogP contribution in [0.2, 0.25) is 0 Å². The first-order chi connectivity index (χ1) is 6.21. The van der Waals surface area contributed by atoms with Crippen LogP contribution in [0.25, 0.3) is 0 Å². The van der Waals surface area contributed by atoms with Crippen molar-refractivity contribution >= 4 is 0 Å². The van der Waals surface area contributed by atoms with Crippen molar-refractivity contribution in [1.82, 2.24) is 9.97 Å². The second-order valence-electron chi connectivity index (χ2n) is 4.01. The lowest BCUT2D eigenvalue weighted by Gasteiger charge is -2.21. The zero-order valence-corrected chi connectivity index (χ0v) is 7.77. The Bertz CT molecular complexity index is 288. The fraction of sp³-hybridized carbons (Fsp3) is 0.600. The van der Waals surface area contributed by atoms with Crippen LogP contribution in [0.3, 0.4) is 0 Å². The Labute approximate surface area is 77.8 Å². The molecule has 1 fully saturated rings. The molecule has 1 N–H and O–H groups in total. The van der Waals surface area contributed by atoms with Crippen LogP contribution in [0.1, 0.15) is 31.7 Å². The molecule has 2 rings (SSSR count). The van der Waals surface area contributed by atoms with Crippen LogP contribution in [0, 0.1) is 5.92 Å². The molecule has 0 amide bonds. The molecule has 3 nitrogen and oxygen atoms in total. The summed E-state index contributed by atoms with van der Waals surface area (Å²) in [5.74, 6) is 0.602. The van der Waals surface area contributed by atoms with Gasteiger partial charge in [-0.2, -0.15) is 0 Å². The molecule has 13 heavy (non-hydrogen) atoms. The largest absolute Gasteiger partial charge is 0.385 e. The Morgan fingerprint density at radius 1 is 1.46 bits per heavy atom. The van der Waals surface area contributed by atoms with E-state index in [0.717, 1.165) is 24.8 Å². The Morgan fingerprint density at radius 2 is 2.15 bits per heavy atom. The lowest BCUT2D eigenvalue weighted by Crippen LogP contribution is -2.21. The van der Waals surface area contributed by atoms with Gasteiger partial charge in [0, 0.05) is 18.0 Å². The second kappa shape index (κ2) is 3.07. The zero-order valence-electron chi connectivity index (χ0n) is 7.77. The zero-order chi connectivity index (χ0) is 9.31. The molecule has 1 saturated carbocycles. The molecular weight excluding hydrogens is 164 g/mol. The fourth-order valence-corrected chi connectivity index (χ4v) is 2.07. The van der Waals surface area contributed by atoms with Gasteiger partial charge < -0.3 is 5.11 Å². The number of aliphatic hydroxyl groups is 1. The van der Waals surface area contributed by atoms with Crippen molar-refractivity contribution in [2.75, 3.05) is 0 Å². The van der Waals surface area contributed by atoms with Gasteiger partial charge in [0.15, 0.2) is 0 Å². The normalized spacial score (nSPS) is 33.5. The summed E-state index contributed by atoms with van der Waals surface area (Å²) < 4.78 is 0. The minimum atomic E-state index is -0.666. The van der Waals surface area contributed by atoms with Gasteiger partial charge in [0.25, 0.3) is 0 Å². The molecule has 2 atom stereocenters. The molecule has 2 unspecified atom stereocenters. The van der Waals surface area contributed by atoms with Crippen LogP contribution in [0.4, 0.5) is 0 Å². The summed E-state index contributed by atoms with van der Waals surface area (Å²) >= 11 is 0. The average Bonchev–Trinajstić information content (AvgIpc) is 2.49. The molecule has 1 heterocycles. The van der Waals surface area contributed by atoms with E-state index in [1.54, 1.807) is 12.4 Å². The van der Waals surface area contributed by atoms with E-state index in [1.807, 2.05) is 0 Å². The standard InChI is InChI=1S/C10H14N2O/c1-8-2-3-10(13,4-8)9-5-11-7-12-6-9/h5-8,13H,2-4H2,1H3. The van der Waals surface area contributed by atoms with Crippen LogP contribution in [-0.4, -0.2) is 15.1 Å². The molecule has 3 heteroatoms. The van der Waals surface area contributed by atoms with Crippen molar-refractivity contribution in [3.63, 3.8) is 0 Å². The van der Waals surface area contributed by atoms with Gasteiger partial charge in [-0.3, -0.25) is 0 Å². The molecule has 0 aromatic carbocycles. The molecule has 0 radical (unpaired) electrons. The lowest BCUT2D eigenvalue weighted by molar-refractivity contribution is 0.0400. The van der Waals surface area contributed by atoms with E-state index in [9.17, 15) is 5.11 Å². The molecule has 0 aliphatic heterocycles.